The highest BCUT2D eigenvalue weighted by molar-refractivity contribution is 5.77. The molecule has 2 atom stereocenters. The Hall–Kier alpha value is -3.39. The van der Waals surface area contributed by atoms with Crippen molar-refractivity contribution in [1.82, 2.24) is 25.0 Å². The lowest BCUT2D eigenvalue weighted by atomic mass is 9.96. The molecule has 1 aliphatic rings. The highest BCUT2D eigenvalue weighted by Crippen LogP contribution is 2.31. The molecule has 2 aromatic carbocycles. The second-order valence-corrected chi connectivity index (χ2v) is 7.94. The number of fused-ring (bicyclic) bond motifs is 1. The summed E-state index contributed by atoms with van der Waals surface area (Å²) in [5.41, 5.74) is 1.16. The van der Waals surface area contributed by atoms with Crippen LogP contribution in [0.5, 0.6) is 0 Å². The molecule has 158 valence electrons. The molecule has 3 heterocycles. The average molecular weight is 419 g/mol. The molecular formula is C23H22FN5O2. The molecule has 8 heteroatoms. The number of H-pyrrole nitrogens is 1. The summed E-state index contributed by atoms with van der Waals surface area (Å²) in [6.45, 7) is 3.64. The first-order valence-corrected chi connectivity index (χ1v) is 10.4. The van der Waals surface area contributed by atoms with Gasteiger partial charge in [-0.2, -0.15) is 4.98 Å². The maximum absolute atomic E-state index is 13.5. The Kier molecular flexibility index (Phi) is 5.07. The zero-order valence-corrected chi connectivity index (χ0v) is 17.1. The van der Waals surface area contributed by atoms with Gasteiger partial charge in [0.1, 0.15) is 11.6 Å². The van der Waals surface area contributed by atoms with E-state index in [9.17, 15) is 9.18 Å². The van der Waals surface area contributed by atoms with Crippen molar-refractivity contribution < 1.29 is 8.91 Å². The van der Waals surface area contributed by atoms with Gasteiger partial charge in [-0.3, -0.25) is 9.69 Å². The fraction of sp³-hybridized carbons (Fsp3) is 0.304. The molecule has 0 radical (unpaired) electrons. The number of nitrogens with one attached hydrogen (secondary N) is 1. The molecule has 1 N–H and O–H groups in total. The molecule has 7 nitrogen and oxygen atoms in total. The van der Waals surface area contributed by atoms with Crippen LogP contribution >= 0.6 is 0 Å². The van der Waals surface area contributed by atoms with E-state index in [-0.39, 0.29) is 23.3 Å². The largest absolute Gasteiger partial charge is 0.339 e. The molecule has 0 amide bonds. The summed E-state index contributed by atoms with van der Waals surface area (Å²) in [5.74, 6) is 1.32. The highest BCUT2D eigenvalue weighted by atomic mass is 19.1. The number of para-hydroxylation sites is 1. The maximum atomic E-state index is 13.5. The van der Waals surface area contributed by atoms with Crippen LogP contribution in [0, 0.1) is 5.82 Å². The first kappa shape index (κ1) is 19.6. The number of rotatable bonds is 4. The Labute approximate surface area is 177 Å². The van der Waals surface area contributed by atoms with Gasteiger partial charge in [-0.1, -0.05) is 29.4 Å². The number of halogens is 1. The van der Waals surface area contributed by atoms with Gasteiger partial charge in [0.05, 0.1) is 22.9 Å². The van der Waals surface area contributed by atoms with Gasteiger partial charge in [0.2, 0.25) is 11.7 Å². The number of nitrogens with zero attached hydrogens (tertiary/aromatic N) is 4. The quantitative estimate of drug-likeness (QED) is 0.537. The fourth-order valence-electron chi connectivity index (χ4n) is 4.18. The minimum Gasteiger partial charge on any atom is -0.339 e. The van der Waals surface area contributed by atoms with Crippen LogP contribution < -0.4 is 5.56 Å². The topological polar surface area (TPSA) is 87.9 Å². The van der Waals surface area contributed by atoms with Crippen LogP contribution in [0.1, 0.15) is 43.4 Å². The summed E-state index contributed by atoms with van der Waals surface area (Å²) in [7, 11) is 0. The summed E-state index contributed by atoms with van der Waals surface area (Å²) in [5, 5.41) is 4.63. The van der Waals surface area contributed by atoms with E-state index in [1.165, 1.54) is 12.1 Å². The molecule has 31 heavy (non-hydrogen) atoms. The van der Waals surface area contributed by atoms with E-state index in [1.54, 1.807) is 18.2 Å². The number of hydrogen-bond donors (Lipinski definition) is 1. The van der Waals surface area contributed by atoms with Crippen molar-refractivity contribution in [1.29, 1.82) is 0 Å². The van der Waals surface area contributed by atoms with Gasteiger partial charge in [0.15, 0.2) is 0 Å². The normalized spacial score (nSPS) is 18.3. The predicted octanol–water partition coefficient (Wildman–Crippen LogP) is 4.05. The van der Waals surface area contributed by atoms with E-state index in [4.69, 9.17) is 4.52 Å². The number of benzene rings is 2. The van der Waals surface area contributed by atoms with Gasteiger partial charge >= 0.3 is 0 Å². The first-order chi connectivity index (χ1) is 15.1. The third-order valence-electron chi connectivity index (χ3n) is 5.90. The van der Waals surface area contributed by atoms with Crippen LogP contribution in [0.3, 0.4) is 0 Å². The van der Waals surface area contributed by atoms with Crippen molar-refractivity contribution in [3.05, 3.63) is 76.4 Å². The molecule has 1 fully saturated rings. The van der Waals surface area contributed by atoms with Crippen LogP contribution in [-0.2, 0) is 0 Å². The summed E-state index contributed by atoms with van der Waals surface area (Å²) in [6, 6.07) is 13.4. The van der Waals surface area contributed by atoms with Gasteiger partial charge in [0.25, 0.3) is 5.56 Å². The predicted molar refractivity (Wildman–Crippen MR) is 114 cm³/mol. The second-order valence-electron chi connectivity index (χ2n) is 7.94. The Balaban J connectivity index is 1.37. The van der Waals surface area contributed by atoms with Crippen molar-refractivity contribution in [3.63, 3.8) is 0 Å². The van der Waals surface area contributed by atoms with E-state index < -0.39 is 0 Å². The minimum absolute atomic E-state index is 0.0642. The smallest absolute Gasteiger partial charge is 0.258 e. The lowest BCUT2D eigenvalue weighted by Crippen LogP contribution is -2.37. The van der Waals surface area contributed by atoms with E-state index in [0.717, 1.165) is 19.4 Å². The Morgan fingerprint density at radius 1 is 1.19 bits per heavy atom. The maximum Gasteiger partial charge on any atom is 0.258 e. The lowest BCUT2D eigenvalue weighted by molar-refractivity contribution is 0.140. The van der Waals surface area contributed by atoms with Crippen LogP contribution in [0.4, 0.5) is 4.39 Å². The summed E-state index contributed by atoms with van der Waals surface area (Å²) >= 11 is 0. The third kappa shape index (κ3) is 3.86. The van der Waals surface area contributed by atoms with Gasteiger partial charge in [-0.05, 0) is 50.6 Å². The Bertz CT molecular complexity index is 1280. The standard InChI is InChI=1S/C23H22FN5O2/c1-14(20-25-19-10-3-2-9-18(19)22(30)26-20)29-11-5-7-16(13-29)23-27-21(28-31-23)15-6-4-8-17(24)12-15/h2-4,6,8-10,12,14,16H,5,7,11,13H2,1H3,(H,25,26,30). The SMILES string of the molecule is CC(c1nc2ccccc2c(=O)[nH]1)N1CCCC(c2nc(-c3cccc(F)c3)no2)C1. The van der Waals surface area contributed by atoms with Crippen LogP contribution in [0.15, 0.2) is 57.8 Å². The molecule has 5 rings (SSSR count). The number of likely N-dealkylation sites (tertiary alicyclic amines) is 1. The number of aromatic nitrogens is 4. The average Bonchev–Trinajstić information content (AvgIpc) is 3.29. The van der Waals surface area contributed by atoms with Crippen LogP contribution in [0.2, 0.25) is 0 Å². The van der Waals surface area contributed by atoms with Crippen molar-refractivity contribution in [2.45, 2.75) is 31.7 Å². The molecule has 1 saturated heterocycles. The molecule has 0 spiro atoms. The van der Waals surface area contributed by atoms with Gasteiger partial charge in [0, 0.05) is 12.1 Å². The van der Waals surface area contributed by atoms with Crippen molar-refractivity contribution >= 4 is 10.9 Å². The molecular weight excluding hydrogens is 397 g/mol. The summed E-state index contributed by atoms with van der Waals surface area (Å²) in [4.78, 5) is 26.9. The number of piperidine rings is 1. The van der Waals surface area contributed by atoms with Gasteiger partial charge in [-0.25, -0.2) is 9.37 Å². The van der Waals surface area contributed by atoms with Crippen LogP contribution in [-0.4, -0.2) is 38.1 Å². The zero-order valence-electron chi connectivity index (χ0n) is 17.1. The van der Waals surface area contributed by atoms with Gasteiger partial charge < -0.3 is 9.51 Å². The number of hydrogen-bond acceptors (Lipinski definition) is 6. The lowest BCUT2D eigenvalue weighted by Gasteiger charge is -2.34. The van der Waals surface area contributed by atoms with E-state index in [0.29, 0.717) is 40.6 Å². The van der Waals surface area contributed by atoms with Crippen molar-refractivity contribution in [2.24, 2.45) is 0 Å². The van der Waals surface area contributed by atoms with E-state index in [2.05, 4.69) is 25.0 Å². The minimum atomic E-state index is -0.335. The highest BCUT2D eigenvalue weighted by Gasteiger charge is 2.30. The molecule has 0 bridgehead atoms. The Morgan fingerprint density at radius 3 is 2.94 bits per heavy atom. The molecule has 0 aliphatic carbocycles. The molecule has 2 unspecified atom stereocenters. The molecule has 4 aromatic rings. The first-order valence-electron chi connectivity index (χ1n) is 10.4. The zero-order chi connectivity index (χ0) is 21.4. The van der Waals surface area contributed by atoms with Crippen molar-refractivity contribution in [2.75, 3.05) is 13.1 Å². The van der Waals surface area contributed by atoms with Crippen molar-refractivity contribution in [3.8, 4) is 11.4 Å². The fourth-order valence-corrected chi connectivity index (χ4v) is 4.18. The molecule has 1 aliphatic heterocycles. The van der Waals surface area contributed by atoms with Crippen LogP contribution in [0.25, 0.3) is 22.3 Å². The molecule has 2 aromatic heterocycles. The van der Waals surface area contributed by atoms with E-state index in [1.807, 2.05) is 25.1 Å². The second kappa shape index (κ2) is 8.03. The van der Waals surface area contributed by atoms with Gasteiger partial charge in [-0.15, -0.1) is 0 Å². The van der Waals surface area contributed by atoms with E-state index >= 15 is 0 Å². The summed E-state index contributed by atoms with van der Waals surface area (Å²) in [6.07, 6.45) is 1.89. The third-order valence-corrected chi connectivity index (χ3v) is 5.90. The molecule has 0 saturated carbocycles. The monoisotopic (exact) mass is 419 g/mol. The Morgan fingerprint density at radius 2 is 2.06 bits per heavy atom. The number of aromatic amines is 1. The summed E-state index contributed by atoms with van der Waals surface area (Å²) < 4.78 is 19.0.